The molecule has 0 aromatic heterocycles. The molecule has 0 spiro atoms. The van der Waals surface area contributed by atoms with Gasteiger partial charge in [0.2, 0.25) is 0 Å². The van der Waals surface area contributed by atoms with Crippen LogP contribution in [0.2, 0.25) is 0 Å². The Labute approximate surface area is 395 Å². The number of carbonyl (C=O) groups is 2. The molecule has 12 heteroatoms. The lowest BCUT2D eigenvalue weighted by Crippen LogP contribution is -2.54. The van der Waals surface area contributed by atoms with Crippen molar-refractivity contribution in [1.82, 2.24) is 0 Å². The monoisotopic (exact) mass is 942 g/mol. The molecule has 4 aromatic carbocycles. The first kappa shape index (κ1) is 51.2. The third kappa shape index (κ3) is 10.3. The third-order valence-electron chi connectivity index (χ3n) is 12.1. The van der Waals surface area contributed by atoms with E-state index in [-0.39, 0.29) is 36.2 Å². The van der Waals surface area contributed by atoms with Crippen molar-refractivity contribution >= 4 is 27.8 Å². The van der Waals surface area contributed by atoms with Crippen LogP contribution in [-0.2, 0) is 53.6 Å². The van der Waals surface area contributed by atoms with Crippen molar-refractivity contribution in [2.45, 2.75) is 170 Å². The molecule has 2 aliphatic rings. The minimum Gasteiger partial charge on any atom is -0.616 e. The summed E-state index contributed by atoms with van der Waals surface area (Å²) in [4.78, 5) is 64.6. The molecule has 0 bridgehead atoms. The van der Waals surface area contributed by atoms with E-state index >= 15 is 19.4 Å². The smallest absolute Gasteiger partial charge is 0.359 e. The summed E-state index contributed by atoms with van der Waals surface area (Å²) in [6.45, 7) is 35.0. The van der Waals surface area contributed by atoms with E-state index in [0.29, 0.717) is 57.3 Å². The van der Waals surface area contributed by atoms with Crippen molar-refractivity contribution in [1.29, 1.82) is 0 Å². The Morgan fingerprint density at radius 2 is 0.682 bits per heavy atom. The number of esters is 2. The minimum atomic E-state index is -5.22. The fourth-order valence-electron chi connectivity index (χ4n) is 9.08. The number of ether oxygens (including phenoxy) is 2. The Balaban J connectivity index is 1.79. The van der Waals surface area contributed by atoms with Gasteiger partial charge < -0.3 is 37.4 Å². The summed E-state index contributed by atoms with van der Waals surface area (Å²) in [5.74, 6) is -1.35. The molecule has 0 saturated carbocycles. The Morgan fingerprint density at radius 3 is 0.864 bits per heavy atom. The van der Waals surface area contributed by atoms with Crippen LogP contribution in [-0.4, -0.2) is 36.5 Å². The lowest BCUT2D eigenvalue weighted by atomic mass is 9.81. The molecule has 0 saturated heterocycles. The van der Waals surface area contributed by atoms with Gasteiger partial charge >= 0.3 is 27.8 Å². The summed E-state index contributed by atoms with van der Waals surface area (Å²) in [5, 5.41) is 0. The number of hydrogen-bond donors (Lipinski definition) is 0. The molecule has 0 amide bonds. The number of carbonyl (C=O) groups excluding carboxylic acids is 2. The van der Waals surface area contributed by atoms with E-state index in [4.69, 9.17) is 27.6 Å². The van der Waals surface area contributed by atoms with E-state index in [9.17, 15) is 0 Å². The van der Waals surface area contributed by atoms with Crippen LogP contribution < -0.4 is 27.9 Å². The Kier molecular flexibility index (Phi) is 14.0. The van der Waals surface area contributed by atoms with Crippen LogP contribution in [0.15, 0.2) is 48.5 Å². The van der Waals surface area contributed by atoms with Crippen LogP contribution in [0.1, 0.15) is 164 Å². The first-order valence-electron chi connectivity index (χ1n) is 23.2. The first-order chi connectivity index (χ1) is 30.3. The maximum absolute atomic E-state index is 17.0. The molecule has 0 aliphatic carbocycles. The molecule has 0 N–H and O–H groups in total. The van der Waals surface area contributed by atoms with E-state index in [0.717, 1.165) is 22.3 Å². The highest BCUT2D eigenvalue weighted by Crippen LogP contribution is 2.70. The zero-order valence-corrected chi connectivity index (χ0v) is 44.4. The van der Waals surface area contributed by atoms with Gasteiger partial charge in [-0.2, -0.15) is 0 Å². The second-order valence-corrected chi connectivity index (χ2v) is 26.4. The summed E-state index contributed by atoms with van der Waals surface area (Å²) >= 11 is 0. The van der Waals surface area contributed by atoms with Crippen LogP contribution in [0.25, 0.3) is 0 Å². The zero-order chi connectivity index (χ0) is 49.3. The maximum atomic E-state index is 17.0. The SMILES string of the molecule is CCOC(=O)C(C(C(=O)OCC)[P+]1([O-])Oc2c(cc(C)cc2C(C)(C)C)Cc2cc(C)cc(C(C)(C)C)c2O1)[P+]1([O-])Oc2c(cc(C)cc2C(C)(C)C)Cc2cc(C)cc(C(C)(C)C)c2O1. The second kappa shape index (κ2) is 18.0. The van der Waals surface area contributed by atoms with Crippen molar-refractivity contribution in [2.24, 2.45) is 0 Å². The van der Waals surface area contributed by atoms with Gasteiger partial charge in [0.1, 0.15) is 0 Å². The van der Waals surface area contributed by atoms with Gasteiger partial charge in [-0.3, -0.25) is 0 Å². The standard InChI is InChI=1S/C54H72O10P2/c1-19-59-49(55)47(65(57)61-43-35(21-31(3)25-39(43)51(7,8)9)29-36-22-32(4)26-40(44(36)62-65)52(10,11)12)48(50(56)60-20-2)66(58)63-45-37(23-33(5)27-41(45)53(13,14)15)30-38-24-34(6)28-42(46(38)64-66)54(16,17)18/h21-28,47-48H,19-20,29-30H2,1-18H3. The van der Waals surface area contributed by atoms with Gasteiger partial charge in [-0.05, 0) is 63.2 Å². The van der Waals surface area contributed by atoms with Gasteiger partial charge in [-0.25, -0.2) is 9.59 Å². The molecule has 2 aliphatic heterocycles. The number of rotatable bonds is 7. The van der Waals surface area contributed by atoms with Gasteiger partial charge in [0.25, 0.3) is 11.3 Å². The molecular weight excluding hydrogens is 871 g/mol. The van der Waals surface area contributed by atoms with Gasteiger partial charge in [-0.15, -0.1) is 0 Å². The molecule has 0 fully saturated rings. The van der Waals surface area contributed by atoms with Gasteiger partial charge in [0.15, 0.2) is 23.0 Å². The van der Waals surface area contributed by atoms with E-state index in [1.54, 1.807) is 13.8 Å². The van der Waals surface area contributed by atoms with Crippen LogP contribution >= 0.6 is 15.9 Å². The topological polar surface area (TPSA) is 136 Å². The maximum Gasteiger partial charge on any atom is 0.359 e. The zero-order valence-electron chi connectivity index (χ0n) is 42.6. The van der Waals surface area contributed by atoms with Crippen LogP contribution in [0, 0.1) is 27.7 Å². The first-order valence-corrected chi connectivity index (χ1v) is 26.4. The second-order valence-electron chi connectivity index (χ2n) is 22.4. The van der Waals surface area contributed by atoms with Crippen molar-refractivity contribution in [3.8, 4) is 23.0 Å². The molecule has 10 nitrogen and oxygen atoms in total. The number of fused-ring (bicyclic) bond motifs is 4. The summed E-state index contributed by atoms with van der Waals surface area (Å²) in [6, 6.07) is 15.8. The predicted molar refractivity (Wildman–Crippen MR) is 262 cm³/mol. The van der Waals surface area contributed by atoms with E-state index in [2.05, 4.69) is 0 Å². The number of hydrogen-bond acceptors (Lipinski definition) is 10. The van der Waals surface area contributed by atoms with Crippen LogP contribution in [0.5, 0.6) is 23.0 Å². The van der Waals surface area contributed by atoms with Crippen molar-refractivity contribution < 1.29 is 46.9 Å². The molecule has 0 radical (unpaired) electrons. The summed E-state index contributed by atoms with van der Waals surface area (Å²) in [6.07, 6.45) is 0.682. The normalized spacial score (nSPS) is 16.6. The van der Waals surface area contributed by atoms with Gasteiger partial charge in [0.05, 0.1) is 13.2 Å². The lowest BCUT2D eigenvalue weighted by molar-refractivity contribution is -0.216. The highest BCUT2D eigenvalue weighted by atomic mass is 31.2. The third-order valence-corrected chi connectivity index (χ3v) is 16.5. The summed E-state index contributed by atoms with van der Waals surface area (Å²) < 4.78 is 39.4. The predicted octanol–water partition coefficient (Wildman–Crippen LogP) is 11.6. The molecule has 4 aromatic rings. The molecule has 2 unspecified atom stereocenters. The van der Waals surface area contributed by atoms with Gasteiger partial charge in [-0.1, -0.05) is 154 Å². The van der Waals surface area contributed by atoms with Crippen molar-refractivity contribution in [3.63, 3.8) is 0 Å². The summed E-state index contributed by atoms with van der Waals surface area (Å²) in [7, 11) is -10.4. The Hall–Kier alpha value is -4.20. The van der Waals surface area contributed by atoms with Crippen molar-refractivity contribution in [3.05, 3.63) is 115 Å². The molecular formula is C54H72O10P2. The van der Waals surface area contributed by atoms with E-state index in [1.807, 2.05) is 159 Å². The fraction of sp³-hybridized carbons (Fsp3) is 0.519. The van der Waals surface area contributed by atoms with E-state index in [1.165, 1.54) is 0 Å². The highest BCUT2D eigenvalue weighted by molar-refractivity contribution is 7.66. The molecule has 6 rings (SSSR count). The Bertz CT molecular complexity index is 2210. The lowest BCUT2D eigenvalue weighted by Gasteiger charge is -2.43. The van der Waals surface area contributed by atoms with Gasteiger partial charge in [0, 0.05) is 57.3 Å². The van der Waals surface area contributed by atoms with Crippen molar-refractivity contribution in [2.75, 3.05) is 13.2 Å². The quantitative estimate of drug-likeness (QED) is 0.130. The fourth-order valence-corrected chi connectivity index (χ4v) is 14.1. The van der Waals surface area contributed by atoms with Crippen LogP contribution in [0.4, 0.5) is 0 Å². The molecule has 2 atom stereocenters. The highest BCUT2D eigenvalue weighted by Gasteiger charge is 2.70. The summed E-state index contributed by atoms with van der Waals surface area (Å²) in [5.41, 5.74) is 2.63. The molecule has 66 heavy (non-hydrogen) atoms. The molecule has 2 heterocycles. The number of aryl methyl sites for hydroxylation is 4. The average Bonchev–Trinajstić information content (AvgIpc) is 3.14. The minimum absolute atomic E-state index is 0.185. The van der Waals surface area contributed by atoms with Crippen LogP contribution in [0.3, 0.4) is 0 Å². The van der Waals surface area contributed by atoms with E-state index < -0.39 is 60.8 Å². The largest absolute Gasteiger partial charge is 0.616 e. The Morgan fingerprint density at radius 1 is 0.470 bits per heavy atom. The molecule has 358 valence electrons. The average molecular weight is 943 g/mol. The number of benzene rings is 4.